The molecule has 0 saturated carbocycles. The summed E-state index contributed by atoms with van der Waals surface area (Å²) in [6.07, 6.45) is 0. The van der Waals surface area contributed by atoms with Crippen LogP contribution in [0.5, 0.6) is 0 Å². The van der Waals surface area contributed by atoms with Crippen molar-refractivity contribution in [1.82, 2.24) is 9.29 Å². The van der Waals surface area contributed by atoms with E-state index in [2.05, 4.69) is 24.0 Å². The van der Waals surface area contributed by atoms with Crippen LogP contribution in [0.25, 0.3) is 11.3 Å². The van der Waals surface area contributed by atoms with Crippen molar-refractivity contribution in [3.05, 3.63) is 65.0 Å². The van der Waals surface area contributed by atoms with Crippen LogP contribution in [0.2, 0.25) is 0 Å². The molecule has 0 bridgehead atoms. The quantitative estimate of drug-likeness (QED) is 0.641. The molecule has 148 valence electrons. The van der Waals surface area contributed by atoms with Gasteiger partial charge < -0.3 is 4.90 Å². The highest BCUT2D eigenvalue weighted by Gasteiger charge is 2.31. The van der Waals surface area contributed by atoms with Gasteiger partial charge in [0.05, 0.1) is 16.2 Å². The highest BCUT2D eigenvalue weighted by molar-refractivity contribution is 7.89. The van der Waals surface area contributed by atoms with Gasteiger partial charge in [-0.15, -0.1) is 11.3 Å². The lowest BCUT2D eigenvalue weighted by Crippen LogP contribution is -2.48. The van der Waals surface area contributed by atoms with Crippen molar-refractivity contribution in [2.75, 3.05) is 31.1 Å². The summed E-state index contributed by atoms with van der Waals surface area (Å²) >= 11 is 1.57. The van der Waals surface area contributed by atoms with E-state index in [1.807, 2.05) is 23.6 Å². The van der Waals surface area contributed by atoms with Crippen LogP contribution in [0, 0.1) is 18.3 Å². The van der Waals surface area contributed by atoms with E-state index < -0.39 is 10.0 Å². The van der Waals surface area contributed by atoms with E-state index in [-0.39, 0.29) is 10.5 Å². The number of sulfonamides is 1. The maximum Gasteiger partial charge on any atom is 0.244 e. The van der Waals surface area contributed by atoms with Crippen molar-refractivity contribution >= 4 is 26.5 Å². The standard InChI is InChI=1S/C21H20N4O2S2/c1-16-5-4-7-17(13-16)19-15-28-21(23-19)24-9-11-25(12-10-24)29(26,27)20-8-3-2-6-18(20)14-22/h2-8,13,15H,9-12H2,1H3. The normalized spacial score (nSPS) is 15.2. The summed E-state index contributed by atoms with van der Waals surface area (Å²) < 4.78 is 27.4. The van der Waals surface area contributed by atoms with E-state index in [1.54, 1.807) is 23.5 Å². The highest BCUT2D eigenvalue weighted by Crippen LogP contribution is 2.29. The minimum absolute atomic E-state index is 0.0759. The molecule has 0 atom stereocenters. The molecular formula is C21H20N4O2S2. The summed E-state index contributed by atoms with van der Waals surface area (Å²) in [4.78, 5) is 6.94. The molecule has 0 spiro atoms. The number of thiazole rings is 1. The first-order chi connectivity index (χ1) is 14.0. The van der Waals surface area contributed by atoms with Crippen LogP contribution in [-0.4, -0.2) is 43.9 Å². The van der Waals surface area contributed by atoms with Gasteiger partial charge in [-0.2, -0.15) is 9.57 Å². The van der Waals surface area contributed by atoms with Crippen LogP contribution in [0.4, 0.5) is 5.13 Å². The number of aromatic nitrogens is 1. The van der Waals surface area contributed by atoms with Crippen LogP contribution in [0.3, 0.4) is 0 Å². The summed E-state index contributed by atoms with van der Waals surface area (Å²) in [5, 5.41) is 12.2. The molecule has 1 saturated heterocycles. The van der Waals surface area contributed by atoms with Gasteiger partial charge >= 0.3 is 0 Å². The topological polar surface area (TPSA) is 77.3 Å². The first-order valence-electron chi connectivity index (χ1n) is 9.26. The lowest BCUT2D eigenvalue weighted by Gasteiger charge is -2.33. The zero-order valence-corrected chi connectivity index (χ0v) is 17.6. The van der Waals surface area contributed by atoms with E-state index in [1.165, 1.54) is 22.0 Å². The number of benzene rings is 2. The van der Waals surface area contributed by atoms with Crippen LogP contribution in [0.1, 0.15) is 11.1 Å². The lowest BCUT2D eigenvalue weighted by atomic mass is 10.1. The summed E-state index contributed by atoms with van der Waals surface area (Å²) in [7, 11) is -3.69. The minimum atomic E-state index is -3.69. The molecule has 0 aliphatic carbocycles. The van der Waals surface area contributed by atoms with Crippen molar-refractivity contribution in [2.45, 2.75) is 11.8 Å². The lowest BCUT2D eigenvalue weighted by molar-refractivity contribution is 0.384. The molecule has 0 unspecified atom stereocenters. The largest absolute Gasteiger partial charge is 0.345 e. The van der Waals surface area contributed by atoms with Gasteiger partial charge in [-0.05, 0) is 25.1 Å². The van der Waals surface area contributed by atoms with Gasteiger partial charge in [-0.3, -0.25) is 0 Å². The number of nitrogens with zero attached hydrogens (tertiary/aromatic N) is 4. The number of hydrogen-bond acceptors (Lipinski definition) is 6. The van der Waals surface area contributed by atoms with Gasteiger partial charge in [0.2, 0.25) is 10.0 Å². The average molecular weight is 425 g/mol. The van der Waals surface area contributed by atoms with E-state index in [9.17, 15) is 13.7 Å². The van der Waals surface area contributed by atoms with Gasteiger partial charge in [-0.25, -0.2) is 13.4 Å². The molecular weight excluding hydrogens is 404 g/mol. The fraction of sp³-hybridized carbons (Fsp3) is 0.238. The summed E-state index contributed by atoms with van der Waals surface area (Å²) in [5.41, 5.74) is 3.39. The van der Waals surface area contributed by atoms with Gasteiger partial charge in [0.15, 0.2) is 5.13 Å². The number of rotatable bonds is 4. The van der Waals surface area contributed by atoms with Crippen molar-refractivity contribution in [1.29, 1.82) is 5.26 Å². The maximum absolute atomic E-state index is 13.0. The Morgan fingerprint density at radius 3 is 2.55 bits per heavy atom. The van der Waals surface area contributed by atoms with Gasteiger partial charge in [0.1, 0.15) is 6.07 Å². The Morgan fingerprint density at radius 1 is 1.07 bits per heavy atom. The van der Waals surface area contributed by atoms with Crippen LogP contribution >= 0.6 is 11.3 Å². The second-order valence-electron chi connectivity index (χ2n) is 6.88. The highest BCUT2D eigenvalue weighted by atomic mass is 32.2. The maximum atomic E-state index is 13.0. The number of anilines is 1. The number of aryl methyl sites for hydroxylation is 1. The van der Waals surface area contributed by atoms with Gasteiger partial charge in [0.25, 0.3) is 0 Å². The Hall–Kier alpha value is -2.73. The first kappa shape index (κ1) is 19.6. The van der Waals surface area contributed by atoms with Gasteiger partial charge in [-0.1, -0.05) is 35.9 Å². The average Bonchev–Trinajstić information content (AvgIpc) is 3.24. The molecule has 6 nitrogen and oxygen atoms in total. The van der Waals surface area contributed by atoms with Crippen molar-refractivity contribution in [3.63, 3.8) is 0 Å². The molecule has 1 aliphatic rings. The third-order valence-electron chi connectivity index (χ3n) is 4.94. The Bertz CT molecular complexity index is 1170. The minimum Gasteiger partial charge on any atom is -0.345 e. The molecule has 1 fully saturated rings. The number of hydrogen-bond donors (Lipinski definition) is 0. The van der Waals surface area contributed by atoms with Crippen LogP contribution < -0.4 is 4.90 Å². The molecule has 0 amide bonds. The molecule has 2 heterocycles. The summed E-state index contributed by atoms with van der Waals surface area (Å²) in [6.45, 7) is 3.91. The molecule has 0 radical (unpaired) electrons. The smallest absolute Gasteiger partial charge is 0.244 e. The first-order valence-corrected chi connectivity index (χ1v) is 11.6. The van der Waals surface area contributed by atoms with Crippen molar-refractivity contribution in [2.24, 2.45) is 0 Å². The molecule has 29 heavy (non-hydrogen) atoms. The van der Waals surface area contributed by atoms with Crippen molar-refractivity contribution < 1.29 is 8.42 Å². The predicted octanol–water partition coefficient (Wildman–Crippen LogP) is 3.50. The molecule has 8 heteroatoms. The molecule has 3 aromatic rings. The third kappa shape index (κ3) is 3.90. The molecule has 1 aliphatic heterocycles. The molecule has 1 aromatic heterocycles. The second-order valence-corrected chi connectivity index (χ2v) is 9.63. The zero-order chi connectivity index (χ0) is 20.4. The Morgan fingerprint density at radius 2 is 1.83 bits per heavy atom. The van der Waals surface area contributed by atoms with Crippen molar-refractivity contribution in [3.8, 4) is 17.3 Å². The summed E-state index contributed by atoms with van der Waals surface area (Å²) in [6, 6.07) is 16.5. The SMILES string of the molecule is Cc1cccc(-c2csc(N3CCN(S(=O)(=O)c4ccccc4C#N)CC3)n2)c1. The van der Waals surface area contributed by atoms with Gasteiger partial charge in [0, 0.05) is 37.1 Å². The van der Waals surface area contributed by atoms with E-state index in [0.29, 0.717) is 26.2 Å². The predicted molar refractivity (Wildman–Crippen MR) is 114 cm³/mol. The third-order valence-corrected chi connectivity index (χ3v) is 7.80. The zero-order valence-electron chi connectivity index (χ0n) is 15.9. The van der Waals surface area contributed by atoms with E-state index in [4.69, 9.17) is 4.98 Å². The number of nitriles is 1. The second kappa shape index (κ2) is 7.95. The Balaban J connectivity index is 1.48. The van der Waals surface area contributed by atoms with Crippen LogP contribution in [-0.2, 0) is 10.0 Å². The molecule has 0 N–H and O–H groups in total. The molecule has 4 rings (SSSR count). The van der Waals surface area contributed by atoms with Crippen LogP contribution in [0.15, 0.2) is 58.8 Å². The fourth-order valence-electron chi connectivity index (χ4n) is 3.39. The summed E-state index contributed by atoms with van der Waals surface area (Å²) in [5.74, 6) is 0. The Kier molecular flexibility index (Phi) is 5.37. The monoisotopic (exact) mass is 424 g/mol. The molecule has 2 aromatic carbocycles. The number of piperazine rings is 1. The fourth-order valence-corrected chi connectivity index (χ4v) is 5.84. The van der Waals surface area contributed by atoms with E-state index in [0.717, 1.165) is 16.4 Å². The Labute approximate surface area is 174 Å². The van der Waals surface area contributed by atoms with E-state index >= 15 is 0 Å².